The first-order chi connectivity index (χ1) is 7.38. The summed E-state index contributed by atoms with van der Waals surface area (Å²) < 4.78 is 4.77. The number of methoxy groups -OCH3 is 1. The molecule has 0 fully saturated rings. The largest absolute Gasteiger partial charge is 0.481 e. The number of aliphatic carboxylic acids is 1. The molecule has 0 aromatic carbocycles. The van der Waals surface area contributed by atoms with Crippen LogP contribution in [0.5, 0.6) is 0 Å². The Bertz CT molecular complexity index is 240. The lowest BCUT2D eigenvalue weighted by Gasteiger charge is -2.26. The zero-order chi connectivity index (χ0) is 12.7. The van der Waals surface area contributed by atoms with Crippen molar-refractivity contribution in [2.75, 3.05) is 26.8 Å². The molecule has 0 aromatic rings. The number of carbonyl (C=O) groups excluding carboxylic acids is 1. The van der Waals surface area contributed by atoms with Crippen LogP contribution in [-0.4, -0.2) is 48.7 Å². The zero-order valence-corrected chi connectivity index (χ0v) is 10.4. The average molecular weight is 231 g/mol. The summed E-state index contributed by atoms with van der Waals surface area (Å²) in [5.41, 5.74) is 0. The number of carboxylic acids is 1. The van der Waals surface area contributed by atoms with Gasteiger partial charge < -0.3 is 14.7 Å². The van der Waals surface area contributed by atoms with E-state index in [9.17, 15) is 9.59 Å². The average Bonchev–Trinajstić information content (AvgIpc) is 2.16. The highest BCUT2D eigenvalue weighted by molar-refractivity contribution is 5.78. The number of amides is 1. The predicted molar refractivity (Wildman–Crippen MR) is 60.1 cm³/mol. The molecule has 94 valence electrons. The molecule has 1 unspecified atom stereocenters. The van der Waals surface area contributed by atoms with Gasteiger partial charge in [0.15, 0.2) is 0 Å². The van der Waals surface area contributed by atoms with Crippen molar-refractivity contribution >= 4 is 11.9 Å². The van der Waals surface area contributed by atoms with Gasteiger partial charge in [-0.2, -0.15) is 0 Å². The Balaban J connectivity index is 4.42. The van der Waals surface area contributed by atoms with Crippen molar-refractivity contribution in [2.45, 2.75) is 20.8 Å². The van der Waals surface area contributed by atoms with Crippen LogP contribution in [0.15, 0.2) is 0 Å². The summed E-state index contributed by atoms with van der Waals surface area (Å²) in [7, 11) is 1.45. The lowest BCUT2D eigenvalue weighted by atomic mass is 10.1. The maximum atomic E-state index is 11.6. The first-order valence-electron chi connectivity index (χ1n) is 5.38. The van der Waals surface area contributed by atoms with Crippen LogP contribution in [0.2, 0.25) is 0 Å². The minimum absolute atomic E-state index is 0.000933. The fourth-order valence-corrected chi connectivity index (χ4v) is 1.34. The third-order valence-corrected chi connectivity index (χ3v) is 2.12. The smallest absolute Gasteiger partial charge is 0.308 e. The monoisotopic (exact) mass is 231 g/mol. The summed E-state index contributed by atoms with van der Waals surface area (Å²) in [6.45, 7) is 6.35. The van der Waals surface area contributed by atoms with Gasteiger partial charge >= 0.3 is 5.97 Å². The molecule has 0 saturated heterocycles. The molecule has 0 aliphatic carbocycles. The maximum absolute atomic E-state index is 11.6. The molecule has 1 amide bonds. The second-order valence-corrected chi connectivity index (χ2v) is 4.36. The molecule has 1 atom stereocenters. The first kappa shape index (κ1) is 14.9. The summed E-state index contributed by atoms with van der Waals surface area (Å²) in [4.78, 5) is 23.9. The molecule has 0 aliphatic rings. The Kier molecular flexibility index (Phi) is 6.72. The fraction of sp³-hybridized carbons (Fsp3) is 0.818. The van der Waals surface area contributed by atoms with E-state index in [-0.39, 0.29) is 19.1 Å². The quantitative estimate of drug-likeness (QED) is 0.705. The second kappa shape index (κ2) is 7.22. The molecule has 0 aromatic heterocycles. The van der Waals surface area contributed by atoms with Crippen molar-refractivity contribution < 1.29 is 19.4 Å². The molecular weight excluding hydrogens is 210 g/mol. The van der Waals surface area contributed by atoms with Crippen molar-refractivity contribution in [3.63, 3.8) is 0 Å². The van der Waals surface area contributed by atoms with Crippen molar-refractivity contribution in [1.82, 2.24) is 4.90 Å². The van der Waals surface area contributed by atoms with Crippen LogP contribution in [0.1, 0.15) is 20.8 Å². The number of ether oxygens (including phenoxy) is 1. The molecule has 0 aliphatic heterocycles. The maximum Gasteiger partial charge on any atom is 0.308 e. The van der Waals surface area contributed by atoms with E-state index in [1.807, 2.05) is 13.8 Å². The van der Waals surface area contributed by atoms with Crippen LogP contribution in [0.25, 0.3) is 0 Å². The minimum atomic E-state index is -0.890. The third-order valence-electron chi connectivity index (χ3n) is 2.12. The summed E-state index contributed by atoms with van der Waals surface area (Å²) >= 11 is 0. The lowest BCUT2D eigenvalue weighted by molar-refractivity contribution is -0.144. The Hall–Kier alpha value is -1.10. The Morgan fingerprint density at radius 3 is 2.19 bits per heavy atom. The SMILES string of the molecule is COCC(=O)N(CC(C)C)CC(C)C(=O)O. The number of hydrogen-bond donors (Lipinski definition) is 1. The second-order valence-electron chi connectivity index (χ2n) is 4.36. The highest BCUT2D eigenvalue weighted by Crippen LogP contribution is 2.05. The Labute approximate surface area is 96.4 Å². The van der Waals surface area contributed by atoms with E-state index in [0.717, 1.165) is 0 Å². The van der Waals surface area contributed by atoms with Crippen LogP contribution < -0.4 is 0 Å². The van der Waals surface area contributed by atoms with Crippen molar-refractivity contribution in [3.05, 3.63) is 0 Å². The Morgan fingerprint density at radius 1 is 1.25 bits per heavy atom. The number of carboxylic acid groups (broad SMARTS) is 1. The van der Waals surface area contributed by atoms with E-state index >= 15 is 0 Å². The van der Waals surface area contributed by atoms with Crippen LogP contribution in [0, 0.1) is 11.8 Å². The van der Waals surface area contributed by atoms with Crippen LogP contribution in [0.4, 0.5) is 0 Å². The summed E-state index contributed by atoms with van der Waals surface area (Å²) in [5.74, 6) is -1.30. The van der Waals surface area contributed by atoms with Gasteiger partial charge in [-0.05, 0) is 5.92 Å². The van der Waals surface area contributed by atoms with E-state index in [1.54, 1.807) is 11.8 Å². The number of hydrogen-bond acceptors (Lipinski definition) is 3. The van der Waals surface area contributed by atoms with Crippen LogP contribution in [-0.2, 0) is 14.3 Å². The van der Waals surface area contributed by atoms with Crippen molar-refractivity contribution in [2.24, 2.45) is 11.8 Å². The summed E-state index contributed by atoms with van der Waals surface area (Å²) in [6, 6.07) is 0. The van der Waals surface area contributed by atoms with E-state index in [4.69, 9.17) is 9.84 Å². The molecule has 0 spiro atoms. The first-order valence-corrected chi connectivity index (χ1v) is 5.38. The normalized spacial score (nSPS) is 12.6. The van der Waals surface area contributed by atoms with Gasteiger partial charge in [-0.1, -0.05) is 20.8 Å². The van der Waals surface area contributed by atoms with Gasteiger partial charge in [-0.15, -0.1) is 0 Å². The van der Waals surface area contributed by atoms with Gasteiger partial charge in [0, 0.05) is 20.2 Å². The molecule has 5 heteroatoms. The molecular formula is C11H21NO4. The summed E-state index contributed by atoms with van der Waals surface area (Å²) in [5, 5.41) is 8.81. The highest BCUT2D eigenvalue weighted by Gasteiger charge is 2.20. The van der Waals surface area contributed by atoms with E-state index < -0.39 is 11.9 Å². The summed E-state index contributed by atoms with van der Waals surface area (Å²) in [6.07, 6.45) is 0. The topological polar surface area (TPSA) is 66.8 Å². The Morgan fingerprint density at radius 2 is 1.81 bits per heavy atom. The molecule has 0 bridgehead atoms. The minimum Gasteiger partial charge on any atom is -0.481 e. The van der Waals surface area contributed by atoms with E-state index in [1.165, 1.54) is 7.11 Å². The van der Waals surface area contributed by atoms with Gasteiger partial charge in [0.1, 0.15) is 6.61 Å². The van der Waals surface area contributed by atoms with E-state index in [2.05, 4.69) is 0 Å². The zero-order valence-electron chi connectivity index (χ0n) is 10.4. The molecule has 0 heterocycles. The number of nitrogens with zero attached hydrogens (tertiary/aromatic N) is 1. The van der Waals surface area contributed by atoms with Crippen LogP contribution in [0.3, 0.4) is 0 Å². The number of carbonyl (C=O) groups is 2. The molecule has 0 saturated carbocycles. The fourth-order valence-electron chi connectivity index (χ4n) is 1.34. The molecule has 5 nitrogen and oxygen atoms in total. The van der Waals surface area contributed by atoms with Gasteiger partial charge in [0.25, 0.3) is 0 Å². The standard InChI is InChI=1S/C11H21NO4/c1-8(2)5-12(10(13)7-16-4)6-9(3)11(14)15/h8-9H,5-7H2,1-4H3,(H,14,15). The van der Waals surface area contributed by atoms with Gasteiger partial charge in [0.2, 0.25) is 5.91 Å². The van der Waals surface area contributed by atoms with Crippen molar-refractivity contribution in [3.8, 4) is 0 Å². The van der Waals surface area contributed by atoms with Gasteiger partial charge in [0.05, 0.1) is 5.92 Å². The lowest BCUT2D eigenvalue weighted by Crippen LogP contribution is -2.41. The molecule has 16 heavy (non-hydrogen) atoms. The molecule has 0 radical (unpaired) electrons. The molecule has 1 N–H and O–H groups in total. The number of rotatable bonds is 7. The van der Waals surface area contributed by atoms with Crippen LogP contribution >= 0.6 is 0 Å². The molecule has 0 rings (SSSR count). The highest BCUT2D eigenvalue weighted by atomic mass is 16.5. The van der Waals surface area contributed by atoms with Gasteiger partial charge in [-0.25, -0.2) is 0 Å². The van der Waals surface area contributed by atoms with E-state index in [0.29, 0.717) is 12.5 Å². The predicted octanol–water partition coefficient (Wildman–Crippen LogP) is 0.838. The van der Waals surface area contributed by atoms with Gasteiger partial charge in [-0.3, -0.25) is 9.59 Å². The third kappa shape index (κ3) is 5.70. The van der Waals surface area contributed by atoms with Crippen molar-refractivity contribution in [1.29, 1.82) is 0 Å².